The van der Waals surface area contributed by atoms with E-state index in [0.29, 0.717) is 0 Å². The lowest BCUT2D eigenvalue weighted by molar-refractivity contribution is -0.158. The van der Waals surface area contributed by atoms with Crippen LogP contribution in [0.1, 0.15) is 0 Å². The van der Waals surface area contributed by atoms with Crippen molar-refractivity contribution in [2.45, 2.75) is 12.2 Å². The van der Waals surface area contributed by atoms with Gasteiger partial charge >= 0.3 is 11.9 Å². The maximum absolute atomic E-state index is 10.8. The molecule has 0 aliphatic carbocycles. The molecule has 0 saturated carbocycles. The second-order valence-corrected chi connectivity index (χ2v) is 2.76. The number of esters is 2. The third kappa shape index (κ3) is 5.28. The number of aliphatic hydroxyl groups excluding tert-OH is 2. The van der Waals surface area contributed by atoms with E-state index in [1.165, 1.54) is 0 Å². The molecule has 0 radical (unpaired) electrons. The standard InChI is InChI=1S/C10H14O6/c1-3-9(13)15-6-7(12)8(5-11)16-10(14)4-2/h3-4,7-8,11-12H,1-2,5-6H2. The second kappa shape index (κ2) is 7.61. The van der Waals surface area contributed by atoms with Crippen molar-refractivity contribution in [2.75, 3.05) is 13.2 Å². The topological polar surface area (TPSA) is 93.1 Å². The molecule has 0 saturated heterocycles. The highest BCUT2D eigenvalue weighted by molar-refractivity contribution is 5.81. The number of hydrogen-bond donors (Lipinski definition) is 2. The van der Waals surface area contributed by atoms with Crippen molar-refractivity contribution >= 4 is 11.9 Å². The van der Waals surface area contributed by atoms with Gasteiger partial charge in [0.2, 0.25) is 0 Å². The van der Waals surface area contributed by atoms with Gasteiger partial charge in [-0.15, -0.1) is 0 Å². The van der Waals surface area contributed by atoms with Crippen LogP contribution in [-0.4, -0.2) is 47.6 Å². The molecule has 0 aromatic heterocycles. The van der Waals surface area contributed by atoms with Crippen molar-refractivity contribution in [3.8, 4) is 0 Å². The molecule has 2 atom stereocenters. The van der Waals surface area contributed by atoms with Gasteiger partial charge < -0.3 is 19.7 Å². The van der Waals surface area contributed by atoms with Crippen LogP contribution in [0, 0.1) is 0 Å². The summed E-state index contributed by atoms with van der Waals surface area (Å²) in [5, 5.41) is 18.2. The lowest BCUT2D eigenvalue weighted by atomic mass is 10.2. The van der Waals surface area contributed by atoms with Crippen molar-refractivity contribution in [1.82, 2.24) is 0 Å². The fourth-order valence-corrected chi connectivity index (χ4v) is 0.769. The van der Waals surface area contributed by atoms with Crippen LogP contribution in [0.2, 0.25) is 0 Å². The van der Waals surface area contributed by atoms with Crippen LogP contribution >= 0.6 is 0 Å². The highest BCUT2D eigenvalue weighted by Gasteiger charge is 2.22. The summed E-state index contributed by atoms with van der Waals surface area (Å²) in [6.07, 6.45) is -0.650. The second-order valence-electron chi connectivity index (χ2n) is 2.76. The van der Waals surface area contributed by atoms with E-state index in [1.807, 2.05) is 0 Å². The van der Waals surface area contributed by atoms with Gasteiger partial charge in [-0.05, 0) is 0 Å². The first-order valence-corrected chi connectivity index (χ1v) is 4.46. The van der Waals surface area contributed by atoms with Gasteiger partial charge in [0.25, 0.3) is 0 Å². The molecule has 6 nitrogen and oxygen atoms in total. The van der Waals surface area contributed by atoms with Gasteiger partial charge in [0.05, 0.1) is 6.61 Å². The highest BCUT2D eigenvalue weighted by atomic mass is 16.6. The minimum atomic E-state index is -1.31. The molecule has 2 unspecified atom stereocenters. The van der Waals surface area contributed by atoms with Crippen LogP contribution in [0.15, 0.2) is 25.3 Å². The van der Waals surface area contributed by atoms with Crippen LogP contribution in [0.5, 0.6) is 0 Å². The number of rotatable bonds is 7. The number of carbonyl (C=O) groups is 2. The third-order valence-corrected chi connectivity index (χ3v) is 1.61. The molecule has 0 aromatic rings. The Labute approximate surface area is 92.8 Å². The summed E-state index contributed by atoms with van der Waals surface area (Å²) in [6, 6.07) is 0. The van der Waals surface area contributed by atoms with Crippen LogP contribution in [0.4, 0.5) is 0 Å². The Morgan fingerprint density at radius 2 is 1.81 bits per heavy atom. The van der Waals surface area contributed by atoms with Gasteiger partial charge in [-0.2, -0.15) is 0 Å². The first kappa shape index (κ1) is 14.3. The monoisotopic (exact) mass is 230 g/mol. The molecule has 0 fully saturated rings. The fourth-order valence-electron chi connectivity index (χ4n) is 0.769. The molecule has 0 aliphatic heterocycles. The molecule has 6 heteroatoms. The maximum atomic E-state index is 10.8. The molecular formula is C10H14O6. The lowest BCUT2D eigenvalue weighted by Gasteiger charge is -2.20. The van der Waals surface area contributed by atoms with Crippen LogP contribution < -0.4 is 0 Å². The Kier molecular flexibility index (Phi) is 6.82. The van der Waals surface area contributed by atoms with E-state index >= 15 is 0 Å². The SMILES string of the molecule is C=CC(=O)OCC(O)C(CO)OC(=O)C=C. The highest BCUT2D eigenvalue weighted by Crippen LogP contribution is 2.01. The van der Waals surface area contributed by atoms with Crippen molar-refractivity contribution in [3.63, 3.8) is 0 Å². The van der Waals surface area contributed by atoms with Crippen molar-refractivity contribution in [3.05, 3.63) is 25.3 Å². The normalized spacial score (nSPS) is 13.4. The third-order valence-electron chi connectivity index (χ3n) is 1.61. The van der Waals surface area contributed by atoms with Gasteiger partial charge in [-0.1, -0.05) is 13.2 Å². The summed E-state index contributed by atoms with van der Waals surface area (Å²) in [7, 11) is 0. The minimum Gasteiger partial charge on any atom is -0.460 e. The molecule has 0 rings (SSSR count). The molecule has 0 aliphatic rings. The zero-order chi connectivity index (χ0) is 12.6. The van der Waals surface area contributed by atoms with Crippen molar-refractivity contribution in [2.24, 2.45) is 0 Å². The predicted octanol–water partition coefficient (Wildman–Crippen LogP) is -0.833. The van der Waals surface area contributed by atoms with Crippen molar-refractivity contribution < 1.29 is 29.3 Å². The summed E-state index contributed by atoms with van der Waals surface area (Å²) in [6.45, 7) is 5.33. The molecule has 90 valence electrons. The predicted molar refractivity (Wildman–Crippen MR) is 54.3 cm³/mol. The maximum Gasteiger partial charge on any atom is 0.330 e. The summed E-state index contributed by atoms with van der Waals surface area (Å²) >= 11 is 0. The van der Waals surface area contributed by atoms with Crippen molar-refractivity contribution in [1.29, 1.82) is 0 Å². The average molecular weight is 230 g/mol. The first-order chi connectivity index (χ1) is 7.54. The molecule has 0 aromatic carbocycles. The Balaban J connectivity index is 4.14. The number of ether oxygens (including phenoxy) is 2. The van der Waals surface area contributed by atoms with E-state index in [-0.39, 0.29) is 0 Å². The minimum absolute atomic E-state index is 0.402. The van der Waals surface area contributed by atoms with Gasteiger partial charge in [-0.25, -0.2) is 9.59 Å². The van der Waals surface area contributed by atoms with Gasteiger partial charge in [0.1, 0.15) is 12.7 Å². The van der Waals surface area contributed by atoms with Gasteiger partial charge in [-0.3, -0.25) is 0 Å². The fraction of sp³-hybridized carbons (Fsp3) is 0.400. The molecule has 0 spiro atoms. The number of hydrogen-bond acceptors (Lipinski definition) is 6. The summed E-state index contributed by atoms with van der Waals surface area (Å²) in [4.78, 5) is 21.5. The van der Waals surface area contributed by atoms with E-state index in [0.717, 1.165) is 12.2 Å². The van der Waals surface area contributed by atoms with E-state index < -0.39 is 37.4 Å². The number of carbonyl (C=O) groups excluding carboxylic acids is 2. The Morgan fingerprint density at radius 3 is 2.25 bits per heavy atom. The summed E-state index contributed by atoms with van der Waals surface area (Å²) < 4.78 is 9.12. The molecule has 0 heterocycles. The molecule has 0 amide bonds. The Bertz CT molecular complexity index is 272. The van der Waals surface area contributed by atoms with E-state index in [1.54, 1.807) is 0 Å². The van der Waals surface area contributed by atoms with Crippen LogP contribution in [0.3, 0.4) is 0 Å². The van der Waals surface area contributed by atoms with Gasteiger partial charge in [0.15, 0.2) is 6.10 Å². The summed E-state index contributed by atoms with van der Waals surface area (Å²) in [5.74, 6) is -1.50. The molecule has 16 heavy (non-hydrogen) atoms. The van der Waals surface area contributed by atoms with E-state index in [9.17, 15) is 14.7 Å². The quantitative estimate of drug-likeness (QED) is 0.438. The van der Waals surface area contributed by atoms with Gasteiger partial charge in [0, 0.05) is 12.2 Å². The van der Waals surface area contributed by atoms with E-state index in [2.05, 4.69) is 22.6 Å². The first-order valence-electron chi connectivity index (χ1n) is 4.46. The largest absolute Gasteiger partial charge is 0.460 e. The lowest BCUT2D eigenvalue weighted by Crippen LogP contribution is -2.37. The van der Waals surface area contributed by atoms with E-state index in [4.69, 9.17) is 5.11 Å². The molecular weight excluding hydrogens is 216 g/mol. The Morgan fingerprint density at radius 1 is 1.25 bits per heavy atom. The average Bonchev–Trinajstić information content (AvgIpc) is 2.31. The molecule has 0 bridgehead atoms. The zero-order valence-corrected chi connectivity index (χ0v) is 8.67. The summed E-state index contributed by atoms with van der Waals surface area (Å²) in [5.41, 5.74) is 0. The zero-order valence-electron chi connectivity index (χ0n) is 8.67. The van der Waals surface area contributed by atoms with Crippen LogP contribution in [0.25, 0.3) is 0 Å². The Hall–Kier alpha value is -1.66. The molecule has 2 N–H and O–H groups in total. The smallest absolute Gasteiger partial charge is 0.330 e. The number of aliphatic hydroxyl groups is 2. The van der Waals surface area contributed by atoms with Crippen LogP contribution in [-0.2, 0) is 19.1 Å².